The molecule has 7 heteroatoms. The molecule has 2 aromatic carbocycles. The van der Waals surface area contributed by atoms with Crippen molar-refractivity contribution in [2.45, 2.75) is 19.1 Å². The zero-order valence-corrected chi connectivity index (χ0v) is 12.3. The fraction of sp³-hybridized carbons (Fsp3) is 0.176. The molecule has 0 saturated heterocycles. The number of carbonyl (C=O) groups is 2. The number of hydrogen-bond donors (Lipinski definition) is 1. The minimum atomic E-state index is -4.43. The summed E-state index contributed by atoms with van der Waals surface area (Å²) in [6, 6.07) is 9.11. The molecular formula is C17H12F3NO3. The number of anilines is 1. The molecule has 0 atom stereocenters. The highest BCUT2D eigenvalue weighted by Crippen LogP contribution is 2.34. The molecule has 4 nitrogen and oxygen atoms in total. The van der Waals surface area contributed by atoms with E-state index in [1.54, 1.807) is 12.1 Å². The second-order valence-corrected chi connectivity index (χ2v) is 5.47. The number of alkyl halides is 3. The predicted molar refractivity (Wildman–Crippen MR) is 79.7 cm³/mol. The Hall–Kier alpha value is -2.83. The Morgan fingerprint density at radius 1 is 1.12 bits per heavy atom. The van der Waals surface area contributed by atoms with Crippen molar-refractivity contribution in [3.05, 3.63) is 64.7 Å². The molecule has 2 aromatic rings. The first-order chi connectivity index (χ1) is 11.3. The summed E-state index contributed by atoms with van der Waals surface area (Å²) in [6.07, 6.45) is -4.35. The quantitative estimate of drug-likeness (QED) is 0.934. The summed E-state index contributed by atoms with van der Waals surface area (Å²) in [4.78, 5) is 24.9. The van der Waals surface area contributed by atoms with Gasteiger partial charge in [0.05, 0.1) is 29.8 Å². The minimum absolute atomic E-state index is 0.00487. The maximum Gasteiger partial charge on any atom is 0.416 e. The van der Waals surface area contributed by atoms with Gasteiger partial charge >= 0.3 is 12.1 Å². The number of benzene rings is 2. The van der Waals surface area contributed by atoms with Crippen LogP contribution in [0.1, 0.15) is 27.0 Å². The maximum absolute atomic E-state index is 12.6. The van der Waals surface area contributed by atoms with E-state index in [9.17, 15) is 27.9 Å². The number of nitrogens with zero attached hydrogens (tertiary/aromatic N) is 1. The van der Waals surface area contributed by atoms with Crippen LogP contribution in [0.25, 0.3) is 0 Å². The van der Waals surface area contributed by atoms with E-state index in [0.717, 1.165) is 12.1 Å². The average Bonchev–Trinajstić information content (AvgIpc) is 2.82. The topological polar surface area (TPSA) is 57.6 Å². The van der Waals surface area contributed by atoms with E-state index in [0.29, 0.717) is 16.8 Å². The summed E-state index contributed by atoms with van der Waals surface area (Å²) in [6.45, 7) is 0.0221. The highest BCUT2D eigenvalue weighted by atomic mass is 19.4. The number of aromatic carboxylic acids is 1. The normalized spacial score (nSPS) is 14.0. The Balaban J connectivity index is 1.92. The van der Waals surface area contributed by atoms with Crippen LogP contribution in [-0.4, -0.2) is 17.0 Å². The van der Waals surface area contributed by atoms with Crippen molar-refractivity contribution in [3.63, 3.8) is 0 Å². The lowest BCUT2D eigenvalue weighted by molar-refractivity contribution is -0.137. The number of carboxylic acids is 1. The van der Waals surface area contributed by atoms with Crippen LogP contribution in [0, 0.1) is 0 Å². The highest BCUT2D eigenvalue weighted by molar-refractivity contribution is 6.08. The number of rotatable bonds is 3. The molecule has 124 valence electrons. The lowest BCUT2D eigenvalue weighted by Gasteiger charge is -2.19. The van der Waals surface area contributed by atoms with Crippen LogP contribution in [0.4, 0.5) is 18.9 Å². The standard InChI is InChI=1S/C17H12F3NO3/c18-17(19,20)12-6-4-10(5-7-12)9-21-14(22)8-11-2-1-3-13(15(11)21)16(23)24/h1-7H,8-9H2,(H,23,24). The molecule has 0 bridgehead atoms. The van der Waals surface area contributed by atoms with Crippen LogP contribution in [0.5, 0.6) is 0 Å². The van der Waals surface area contributed by atoms with Gasteiger partial charge in [0.25, 0.3) is 0 Å². The second kappa shape index (κ2) is 5.67. The molecule has 0 fully saturated rings. The van der Waals surface area contributed by atoms with Gasteiger partial charge in [0.2, 0.25) is 5.91 Å². The first-order valence-electron chi connectivity index (χ1n) is 7.09. The molecule has 1 aliphatic heterocycles. The van der Waals surface area contributed by atoms with Crippen molar-refractivity contribution >= 4 is 17.6 Å². The van der Waals surface area contributed by atoms with Crippen LogP contribution in [0.15, 0.2) is 42.5 Å². The van der Waals surface area contributed by atoms with Crippen LogP contribution in [-0.2, 0) is 23.9 Å². The molecule has 0 radical (unpaired) electrons. The lowest BCUT2D eigenvalue weighted by atomic mass is 10.1. The van der Waals surface area contributed by atoms with E-state index in [-0.39, 0.29) is 24.4 Å². The number of amides is 1. The number of para-hydroxylation sites is 1. The molecule has 3 rings (SSSR count). The first kappa shape index (κ1) is 16.0. The van der Waals surface area contributed by atoms with Gasteiger partial charge in [0.15, 0.2) is 0 Å². The Labute approximate surface area is 135 Å². The molecule has 1 heterocycles. The molecule has 0 saturated carbocycles. The van der Waals surface area contributed by atoms with Crippen LogP contribution in [0.3, 0.4) is 0 Å². The average molecular weight is 335 g/mol. The molecule has 1 aliphatic rings. The smallest absolute Gasteiger partial charge is 0.416 e. The Morgan fingerprint density at radius 3 is 2.38 bits per heavy atom. The number of fused-ring (bicyclic) bond motifs is 1. The van der Waals surface area contributed by atoms with Crippen LogP contribution >= 0.6 is 0 Å². The zero-order valence-electron chi connectivity index (χ0n) is 12.3. The van der Waals surface area contributed by atoms with Crippen molar-refractivity contribution in [2.75, 3.05) is 4.90 Å². The van der Waals surface area contributed by atoms with Gasteiger partial charge in [-0.3, -0.25) is 4.79 Å². The van der Waals surface area contributed by atoms with E-state index in [1.807, 2.05) is 0 Å². The molecule has 0 aromatic heterocycles. The van der Waals surface area contributed by atoms with Gasteiger partial charge in [0.1, 0.15) is 0 Å². The molecule has 0 spiro atoms. The largest absolute Gasteiger partial charge is 0.478 e. The molecule has 1 N–H and O–H groups in total. The van der Waals surface area contributed by atoms with Crippen molar-refractivity contribution in [1.82, 2.24) is 0 Å². The van der Waals surface area contributed by atoms with Gasteiger partial charge in [-0.05, 0) is 29.3 Å². The summed E-state index contributed by atoms with van der Waals surface area (Å²) in [5.41, 5.74) is 0.641. The zero-order chi connectivity index (χ0) is 17.5. The van der Waals surface area contributed by atoms with Crippen molar-refractivity contribution in [2.24, 2.45) is 0 Å². The van der Waals surface area contributed by atoms with E-state index in [1.165, 1.54) is 23.1 Å². The Bertz CT molecular complexity index is 813. The molecular weight excluding hydrogens is 323 g/mol. The van der Waals surface area contributed by atoms with Crippen molar-refractivity contribution in [1.29, 1.82) is 0 Å². The third-order valence-corrected chi connectivity index (χ3v) is 3.88. The summed E-state index contributed by atoms with van der Waals surface area (Å²) in [5.74, 6) is -1.43. The third kappa shape index (κ3) is 2.84. The summed E-state index contributed by atoms with van der Waals surface area (Å²) >= 11 is 0. The van der Waals surface area contributed by atoms with Gasteiger partial charge in [-0.15, -0.1) is 0 Å². The first-order valence-corrected chi connectivity index (χ1v) is 7.09. The van der Waals surface area contributed by atoms with Crippen LogP contribution in [0.2, 0.25) is 0 Å². The number of halogens is 3. The van der Waals surface area contributed by atoms with E-state index < -0.39 is 17.7 Å². The number of carbonyl (C=O) groups excluding carboxylic acids is 1. The molecule has 1 amide bonds. The van der Waals surface area contributed by atoms with E-state index in [4.69, 9.17) is 0 Å². The summed E-state index contributed by atoms with van der Waals surface area (Å²) in [7, 11) is 0. The van der Waals surface area contributed by atoms with Gasteiger partial charge < -0.3 is 10.0 Å². The van der Waals surface area contributed by atoms with Gasteiger partial charge in [-0.25, -0.2) is 4.79 Å². The Kier molecular flexibility index (Phi) is 3.79. The fourth-order valence-corrected chi connectivity index (χ4v) is 2.76. The van der Waals surface area contributed by atoms with Gasteiger partial charge in [-0.1, -0.05) is 24.3 Å². The van der Waals surface area contributed by atoms with Crippen molar-refractivity contribution < 1.29 is 27.9 Å². The van der Waals surface area contributed by atoms with Crippen molar-refractivity contribution in [3.8, 4) is 0 Å². The maximum atomic E-state index is 12.6. The molecule has 0 aliphatic carbocycles. The predicted octanol–water partition coefficient (Wildman–Crippen LogP) is 3.49. The molecule has 0 unspecified atom stereocenters. The number of carboxylic acid groups (broad SMARTS) is 1. The fourth-order valence-electron chi connectivity index (χ4n) is 2.76. The molecule has 24 heavy (non-hydrogen) atoms. The lowest BCUT2D eigenvalue weighted by Crippen LogP contribution is -2.27. The van der Waals surface area contributed by atoms with Crippen LogP contribution < -0.4 is 4.90 Å². The number of hydrogen-bond acceptors (Lipinski definition) is 2. The third-order valence-electron chi connectivity index (χ3n) is 3.88. The second-order valence-electron chi connectivity index (χ2n) is 5.47. The summed E-state index contributed by atoms with van der Waals surface area (Å²) in [5, 5.41) is 9.28. The van der Waals surface area contributed by atoms with Gasteiger partial charge in [-0.2, -0.15) is 13.2 Å². The van der Waals surface area contributed by atoms with E-state index >= 15 is 0 Å². The minimum Gasteiger partial charge on any atom is -0.478 e. The van der Waals surface area contributed by atoms with E-state index in [2.05, 4.69) is 0 Å². The summed E-state index contributed by atoms with van der Waals surface area (Å²) < 4.78 is 37.8. The monoisotopic (exact) mass is 335 g/mol. The van der Waals surface area contributed by atoms with Gasteiger partial charge in [0, 0.05) is 0 Å². The SMILES string of the molecule is O=C(O)c1cccc2c1N(Cc1ccc(C(F)(F)F)cc1)C(=O)C2. The Morgan fingerprint density at radius 2 is 1.79 bits per heavy atom. The highest BCUT2D eigenvalue weighted by Gasteiger charge is 2.32.